The second kappa shape index (κ2) is 5.21. The summed E-state index contributed by atoms with van der Waals surface area (Å²) in [5.74, 6) is 1.59. The minimum atomic E-state index is 0.218. The Morgan fingerprint density at radius 2 is 1.60 bits per heavy atom. The number of likely N-dealkylation sites (tertiary alicyclic amines) is 2. The van der Waals surface area contributed by atoms with E-state index in [2.05, 4.69) is 15.1 Å². The maximum absolute atomic E-state index is 12.5. The average Bonchev–Trinajstić information content (AvgIpc) is 3.36. The summed E-state index contributed by atoms with van der Waals surface area (Å²) in [6, 6.07) is 1.34. The molecule has 112 valence electrons. The van der Waals surface area contributed by atoms with E-state index in [1.807, 2.05) is 0 Å². The number of hydrogen-bond acceptors (Lipinski definition) is 2. The molecule has 2 saturated carbocycles. The van der Waals surface area contributed by atoms with Crippen molar-refractivity contribution in [2.75, 3.05) is 26.2 Å². The molecule has 4 fully saturated rings. The molecule has 4 nitrogen and oxygen atoms in total. The number of nitrogens with one attached hydrogen (secondary N) is 1. The van der Waals surface area contributed by atoms with Crippen molar-refractivity contribution in [2.24, 2.45) is 11.8 Å². The predicted molar refractivity (Wildman–Crippen MR) is 78.6 cm³/mol. The molecule has 20 heavy (non-hydrogen) atoms. The van der Waals surface area contributed by atoms with Crippen LogP contribution in [0.15, 0.2) is 0 Å². The number of amides is 2. The van der Waals surface area contributed by atoms with Crippen molar-refractivity contribution in [1.29, 1.82) is 0 Å². The minimum Gasteiger partial charge on any atom is -0.335 e. The molecule has 4 aliphatic rings. The molecule has 0 spiro atoms. The van der Waals surface area contributed by atoms with Crippen LogP contribution in [-0.2, 0) is 0 Å². The first-order valence-electron chi connectivity index (χ1n) is 8.61. The van der Waals surface area contributed by atoms with Gasteiger partial charge < -0.3 is 10.2 Å². The first kappa shape index (κ1) is 12.9. The van der Waals surface area contributed by atoms with E-state index in [0.29, 0.717) is 12.1 Å². The largest absolute Gasteiger partial charge is 0.335 e. The molecule has 4 heteroatoms. The highest BCUT2D eigenvalue weighted by Crippen LogP contribution is 2.44. The molecule has 2 aliphatic heterocycles. The van der Waals surface area contributed by atoms with Gasteiger partial charge >= 0.3 is 6.03 Å². The normalized spacial score (nSPS) is 31.2. The lowest BCUT2D eigenvalue weighted by Gasteiger charge is -2.25. The van der Waals surface area contributed by atoms with E-state index in [1.165, 1.54) is 58.0 Å². The number of nitrogens with zero attached hydrogens (tertiary/aromatic N) is 2. The summed E-state index contributed by atoms with van der Waals surface area (Å²) in [6.45, 7) is 4.39. The number of carbonyl (C=O) groups is 1. The molecule has 1 atom stereocenters. The monoisotopic (exact) mass is 277 g/mol. The SMILES string of the molecule is O=C(NC(C1CC1)C1CC1)N1CC[C@H](N2CCCC2)C1. The van der Waals surface area contributed by atoms with E-state index in [9.17, 15) is 4.79 Å². The fourth-order valence-corrected chi connectivity index (χ4v) is 4.10. The van der Waals surface area contributed by atoms with E-state index < -0.39 is 0 Å². The topological polar surface area (TPSA) is 35.6 Å². The molecule has 2 amide bonds. The molecule has 0 aromatic heterocycles. The molecular formula is C16H27N3O. The molecule has 2 saturated heterocycles. The lowest BCUT2D eigenvalue weighted by Crippen LogP contribution is -2.47. The summed E-state index contributed by atoms with van der Waals surface area (Å²) < 4.78 is 0. The van der Waals surface area contributed by atoms with Gasteiger partial charge in [0.15, 0.2) is 0 Å². The average molecular weight is 277 g/mol. The third-order valence-electron chi connectivity index (χ3n) is 5.66. The number of carbonyl (C=O) groups excluding carboxylic acids is 1. The Balaban J connectivity index is 1.30. The van der Waals surface area contributed by atoms with Crippen LogP contribution in [0.2, 0.25) is 0 Å². The maximum atomic E-state index is 12.5. The summed E-state index contributed by atoms with van der Waals surface area (Å²) in [4.78, 5) is 17.1. The Morgan fingerprint density at radius 3 is 2.20 bits per heavy atom. The van der Waals surface area contributed by atoms with Crippen molar-refractivity contribution < 1.29 is 4.79 Å². The van der Waals surface area contributed by atoms with Gasteiger partial charge in [-0.05, 0) is 69.9 Å². The fraction of sp³-hybridized carbons (Fsp3) is 0.938. The summed E-state index contributed by atoms with van der Waals surface area (Å²) >= 11 is 0. The van der Waals surface area contributed by atoms with Crippen molar-refractivity contribution in [2.45, 2.75) is 57.0 Å². The highest BCUT2D eigenvalue weighted by atomic mass is 16.2. The second-order valence-corrected chi connectivity index (χ2v) is 7.28. The molecule has 4 rings (SSSR count). The molecule has 0 aromatic carbocycles. The Kier molecular flexibility index (Phi) is 3.37. The van der Waals surface area contributed by atoms with Crippen LogP contribution in [0.4, 0.5) is 4.79 Å². The Hall–Kier alpha value is -0.770. The molecule has 0 aromatic rings. The van der Waals surface area contributed by atoms with Crippen LogP contribution >= 0.6 is 0 Å². The summed E-state index contributed by atoms with van der Waals surface area (Å²) in [7, 11) is 0. The Bertz CT molecular complexity index is 360. The standard InChI is InChI=1S/C16H27N3O/c20-16(17-15(12-3-4-12)13-5-6-13)19-10-7-14(11-19)18-8-1-2-9-18/h12-15H,1-11H2,(H,17,20)/t14-/m0/s1. The van der Waals surface area contributed by atoms with Crippen molar-refractivity contribution in [3.05, 3.63) is 0 Å². The van der Waals surface area contributed by atoms with Gasteiger partial charge in [-0.15, -0.1) is 0 Å². The minimum absolute atomic E-state index is 0.218. The van der Waals surface area contributed by atoms with Crippen molar-refractivity contribution in [1.82, 2.24) is 15.1 Å². The molecular weight excluding hydrogens is 250 g/mol. The summed E-state index contributed by atoms with van der Waals surface area (Å²) in [6.07, 6.45) is 9.18. The van der Waals surface area contributed by atoms with Gasteiger partial charge in [0.05, 0.1) is 0 Å². The summed E-state index contributed by atoms with van der Waals surface area (Å²) in [5, 5.41) is 3.36. The van der Waals surface area contributed by atoms with Crippen LogP contribution in [0.25, 0.3) is 0 Å². The van der Waals surface area contributed by atoms with Gasteiger partial charge in [-0.1, -0.05) is 0 Å². The van der Waals surface area contributed by atoms with E-state index in [0.717, 1.165) is 24.9 Å². The first-order valence-corrected chi connectivity index (χ1v) is 8.61. The zero-order chi connectivity index (χ0) is 13.5. The Morgan fingerprint density at radius 1 is 0.950 bits per heavy atom. The summed E-state index contributed by atoms with van der Waals surface area (Å²) in [5.41, 5.74) is 0. The first-order chi connectivity index (χ1) is 9.81. The van der Waals surface area contributed by atoms with Crippen LogP contribution in [-0.4, -0.2) is 54.1 Å². The van der Waals surface area contributed by atoms with E-state index >= 15 is 0 Å². The van der Waals surface area contributed by atoms with Crippen molar-refractivity contribution in [3.8, 4) is 0 Å². The van der Waals surface area contributed by atoms with E-state index in [4.69, 9.17) is 0 Å². The van der Waals surface area contributed by atoms with E-state index in [1.54, 1.807) is 0 Å². The van der Waals surface area contributed by atoms with Crippen LogP contribution in [0.5, 0.6) is 0 Å². The number of rotatable bonds is 4. The molecule has 0 bridgehead atoms. The van der Waals surface area contributed by atoms with Crippen LogP contribution in [0.1, 0.15) is 44.9 Å². The lowest BCUT2D eigenvalue weighted by atomic mass is 10.1. The van der Waals surface area contributed by atoms with Gasteiger partial charge in [-0.25, -0.2) is 4.79 Å². The van der Waals surface area contributed by atoms with Crippen LogP contribution in [0, 0.1) is 11.8 Å². The van der Waals surface area contributed by atoms with Gasteiger partial charge in [-0.2, -0.15) is 0 Å². The molecule has 1 N–H and O–H groups in total. The van der Waals surface area contributed by atoms with Gasteiger partial charge in [0, 0.05) is 25.2 Å². The molecule has 2 aliphatic carbocycles. The predicted octanol–water partition coefficient (Wildman–Crippen LogP) is 2.05. The number of urea groups is 1. The maximum Gasteiger partial charge on any atom is 0.317 e. The molecule has 0 radical (unpaired) electrons. The van der Waals surface area contributed by atoms with Gasteiger partial charge in [0.25, 0.3) is 0 Å². The highest BCUT2D eigenvalue weighted by Gasteiger charge is 2.43. The van der Waals surface area contributed by atoms with Gasteiger partial charge in [0.2, 0.25) is 0 Å². The Labute approximate surface area is 121 Å². The third kappa shape index (κ3) is 2.67. The van der Waals surface area contributed by atoms with Gasteiger partial charge in [-0.3, -0.25) is 4.90 Å². The smallest absolute Gasteiger partial charge is 0.317 e. The van der Waals surface area contributed by atoms with Crippen LogP contribution < -0.4 is 5.32 Å². The number of hydrogen-bond donors (Lipinski definition) is 1. The van der Waals surface area contributed by atoms with Crippen molar-refractivity contribution >= 4 is 6.03 Å². The zero-order valence-corrected chi connectivity index (χ0v) is 12.4. The quantitative estimate of drug-likeness (QED) is 0.853. The lowest BCUT2D eigenvalue weighted by molar-refractivity contribution is 0.192. The van der Waals surface area contributed by atoms with Gasteiger partial charge in [0.1, 0.15) is 0 Å². The van der Waals surface area contributed by atoms with Crippen molar-refractivity contribution in [3.63, 3.8) is 0 Å². The van der Waals surface area contributed by atoms with E-state index in [-0.39, 0.29) is 6.03 Å². The zero-order valence-electron chi connectivity index (χ0n) is 12.4. The molecule has 0 unspecified atom stereocenters. The van der Waals surface area contributed by atoms with Crippen LogP contribution in [0.3, 0.4) is 0 Å². The molecule has 2 heterocycles. The highest BCUT2D eigenvalue weighted by molar-refractivity contribution is 5.75. The fourth-order valence-electron chi connectivity index (χ4n) is 4.10. The second-order valence-electron chi connectivity index (χ2n) is 7.28. The third-order valence-corrected chi connectivity index (χ3v) is 5.66.